The van der Waals surface area contributed by atoms with Crippen molar-refractivity contribution in [1.29, 1.82) is 5.26 Å². The maximum atomic E-state index is 12.5. The minimum absolute atomic E-state index is 0.0983. The fraction of sp³-hybridized carbons (Fsp3) is 0.529. The van der Waals surface area contributed by atoms with E-state index < -0.39 is 0 Å². The van der Waals surface area contributed by atoms with Crippen molar-refractivity contribution in [3.05, 3.63) is 35.9 Å². The minimum atomic E-state index is -0.239. The Balaban J connectivity index is 1.57. The largest absolute Gasteiger partial charge is 0.378 e. The number of hydrogen-bond donors (Lipinski definition) is 0. The van der Waals surface area contributed by atoms with Crippen LogP contribution in [0.25, 0.3) is 0 Å². The van der Waals surface area contributed by atoms with Gasteiger partial charge in [-0.2, -0.15) is 5.26 Å². The lowest BCUT2D eigenvalue weighted by Crippen LogP contribution is -2.55. The zero-order valence-corrected chi connectivity index (χ0v) is 13.2. The van der Waals surface area contributed by atoms with Gasteiger partial charge in [0.1, 0.15) is 6.04 Å². The molecule has 0 N–H and O–H groups in total. The molecule has 2 aliphatic heterocycles. The monoisotopic (exact) mass is 314 g/mol. The van der Waals surface area contributed by atoms with Gasteiger partial charge in [-0.1, -0.05) is 30.3 Å². The molecule has 0 radical (unpaired) electrons. The fourth-order valence-electron chi connectivity index (χ4n) is 3.13. The van der Waals surface area contributed by atoms with Crippen LogP contribution in [0.4, 0.5) is 4.79 Å². The Morgan fingerprint density at radius 1 is 1.00 bits per heavy atom. The van der Waals surface area contributed by atoms with Crippen LogP contribution in [-0.4, -0.2) is 73.2 Å². The van der Waals surface area contributed by atoms with Gasteiger partial charge in [0.15, 0.2) is 0 Å². The smallest absolute Gasteiger partial charge is 0.320 e. The maximum Gasteiger partial charge on any atom is 0.320 e. The predicted octanol–water partition coefficient (Wildman–Crippen LogP) is 1.32. The number of rotatable bonds is 2. The van der Waals surface area contributed by atoms with Gasteiger partial charge in [0.2, 0.25) is 0 Å². The number of benzene rings is 1. The lowest BCUT2D eigenvalue weighted by Gasteiger charge is -2.39. The van der Waals surface area contributed by atoms with Crippen LogP contribution < -0.4 is 0 Å². The molecule has 2 heterocycles. The summed E-state index contributed by atoms with van der Waals surface area (Å²) >= 11 is 0. The summed E-state index contributed by atoms with van der Waals surface area (Å²) in [5, 5.41) is 9.52. The topological polar surface area (TPSA) is 59.8 Å². The first-order valence-electron chi connectivity index (χ1n) is 8.10. The van der Waals surface area contributed by atoms with E-state index in [1.807, 2.05) is 40.1 Å². The van der Waals surface area contributed by atoms with Crippen LogP contribution in [0.2, 0.25) is 0 Å². The van der Waals surface area contributed by atoms with E-state index in [0.717, 1.165) is 18.7 Å². The summed E-state index contributed by atoms with van der Waals surface area (Å²) < 4.78 is 5.29. The molecule has 0 aliphatic carbocycles. The molecule has 0 bridgehead atoms. The molecule has 0 spiro atoms. The number of piperazine rings is 1. The molecule has 2 saturated heterocycles. The Kier molecular flexibility index (Phi) is 5.11. The van der Waals surface area contributed by atoms with Crippen LogP contribution in [0.5, 0.6) is 0 Å². The van der Waals surface area contributed by atoms with Crippen LogP contribution in [-0.2, 0) is 4.74 Å². The molecular weight excluding hydrogens is 292 g/mol. The summed E-state index contributed by atoms with van der Waals surface area (Å²) in [6, 6.07) is 12.1. The van der Waals surface area contributed by atoms with E-state index in [9.17, 15) is 10.1 Å². The van der Waals surface area contributed by atoms with Gasteiger partial charge < -0.3 is 14.5 Å². The van der Waals surface area contributed by atoms with Crippen molar-refractivity contribution in [2.75, 3.05) is 52.5 Å². The second-order valence-electron chi connectivity index (χ2n) is 5.85. The molecule has 2 fully saturated rings. The molecule has 3 rings (SSSR count). The van der Waals surface area contributed by atoms with Crippen LogP contribution in [0, 0.1) is 11.3 Å². The van der Waals surface area contributed by atoms with Crippen molar-refractivity contribution >= 4 is 6.03 Å². The summed E-state index contributed by atoms with van der Waals surface area (Å²) in [7, 11) is 0. The summed E-state index contributed by atoms with van der Waals surface area (Å²) in [6.07, 6.45) is 0. The first kappa shape index (κ1) is 15.8. The number of nitrogens with zero attached hydrogens (tertiary/aromatic N) is 4. The summed E-state index contributed by atoms with van der Waals surface area (Å²) in [6.45, 7) is 5.37. The van der Waals surface area contributed by atoms with Crippen LogP contribution in [0.1, 0.15) is 11.6 Å². The van der Waals surface area contributed by atoms with E-state index in [-0.39, 0.29) is 12.1 Å². The van der Waals surface area contributed by atoms with Gasteiger partial charge in [0.25, 0.3) is 0 Å². The predicted molar refractivity (Wildman–Crippen MR) is 85.7 cm³/mol. The second-order valence-corrected chi connectivity index (χ2v) is 5.85. The third-order valence-electron chi connectivity index (χ3n) is 4.47. The molecule has 23 heavy (non-hydrogen) atoms. The van der Waals surface area contributed by atoms with E-state index in [4.69, 9.17) is 4.74 Å². The van der Waals surface area contributed by atoms with Crippen molar-refractivity contribution in [3.8, 4) is 6.07 Å². The number of nitriles is 1. The van der Waals surface area contributed by atoms with Crippen LogP contribution >= 0.6 is 0 Å². The highest BCUT2D eigenvalue weighted by molar-refractivity contribution is 5.74. The zero-order chi connectivity index (χ0) is 16.1. The first-order chi connectivity index (χ1) is 11.3. The lowest BCUT2D eigenvalue weighted by molar-refractivity contribution is 0.0363. The quantitative estimate of drug-likeness (QED) is 0.826. The maximum absolute atomic E-state index is 12.5. The summed E-state index contributed by atoms with van der Waals surface area (Å²) in [4.78, 5) is 18.4. The Labute approximate surface area is 136 Å². The highest BCUT2D eigenvalue weighted by Crippen LogP contribution is 2.21. The van der Waals surface area contributed by atoms with Crippen LogP contribution in [0.3, 0.4) is 0 Å². The number of urea groups is 1. The van der Waals surface area contributed by atoms with Crippen molar-refractivity contribution < 1.29 is 9.53 Å². The number of ether oxygens (including phenoxy) is 1. The van der Waals surface area contributed by atoms with E-state index in [2.05, 4.69) is 11.0 Å². The fourth-order valence-corrected chi connectivity index (χ4v) is 3.13. The summed E-state index contributed by atoms with van der Waals surface area (Å²) in [5.74, 6) is 0. The third-order valence-corrected chi connectivity index (χ3v) is 4.47. The average molecular weight is 314 g/mol. The number of morpholine rings is 1. The normalized spacial score (nSPS) is 20.8. The zero-order valence-electron chi connectivity index (χ0n) is 13.2. The molecule has 6 heteroatoms. The number of carbonyl (C=O) groups is 1. The SMILES string of the molecule is N#C[C@H](c1ccccc1)N1CCN(C(=O)N2CCOCC2)CC1. The van der Waals surface area contributed by atoms with Gasteiger partial charge >= 0.3 is 6.03 Å². The van der Waals surface area contributed by atoms with E-state index in [0.29, 0.717) is 39.4 Å². The van der Waals surface area contributed by atoms with E-state index in [1.54, 1.807) is 0 Å². The molecule has 1 aromatic carbocycles. The molecule has 0 unspecified atom stereocenters. The van der Waals surface area contributed by atoms with Crippen LogP contribution in [0.15, 0.2) is 30.3 Å². The summed E-state index contributed by atoms with van der Waals surface area (Å²) in [5.41, 5.74) is 1.02. The lowest BCUT2D eigenvalue weighted by atomic mass is 10.1. The standard InChI is InChI=1S/C17H22N4O2/c18-14-16(15-4-2-1-3-5-15)19-6-8-20(9-7-19)17(22)21-10-12-23-13-11-21/h1-5,16H,6-13H2/t16-/m1/s1. The Hall–Kier alpha value is -2.10. The van der Waals surface area contributed by atoms with Gasteiger partial charge in [-0.15, -0.1) is 0 Å². The number of hydrogen-bond acceptors (Lipinski definition) is 4. The Morgan fingerprint density at radius 2 is 1.61 bits per heavy atom. The minimum Gasteiger partial charge on any atom is -0.378 e. The van der Waals surface area contributed by atoms with Gasteiger partial charge in [0, 0.05) is 39.3 Å². The second kappa shape index (κ2) is 7.44. The molecule has 122 valence electrons. The highest BCUT2D eigenvalue weighted by Gasteiger charge is 2.29. The Morgan fingerprint density at radius 3 is 2.22 bits per heavy atom. The van der Waals surface area contributed by atoms with Gasteiger partial charge in [-0.05, 0) is 5.56 Å². The van der Waals surface area contributed by atoms with E-state index in [1.165, 1.54) is 0 Å². The van der Waals surface area contributed by atoms with Crippen molar-refractivity contribution in [2.24, 2.45) is 0 Å². The molecule has 0 aromatic heterocycles. The van der Waals surface area contributed by atoms with Crippen molar-refractivity contribution in [2.45, 2.75) is 6.04 Å². The molecule has 2 aliphatic rings. The number of carbonyl (C=O) groups excluding carboxylic acids is 1. The van der Waals surface area contributed by atoms with Gasteiger partial charge in [-0.3, -0.25) is 4.90 Å². The molecule has 6 nitrogen and oxygen atoms in total. The highest BCUT2D eigenvalue weighted by atomic mass is 16.5. The van der Waals surface area contributed by atoms with Gasteiger partial charge in [-0.25, -0.2) is 4.79 Å². The molecule has 2 amide bonds. The number of amides is 2. The first-order valence-corrected chi connectivity index (χ1v) is 8.10. The van der Waals surface area contributed by atoms with Crippen molar-refractivity contribution in [1.82, 2.24) is 14.7 Å². The molecule has 1 aromatic rings. The molecule has 0 saturated carbocycles. The average Bonchev–Trinajstić information content (AvgIpc) is 2.64. The Bertz CT molecular complexity index is 558. The van der Waals surface area contributed by atoms with E-state index >= 15 is 0 Å². The molecule has 1 atom stereocenters. The third kappa shape index (κ3) is 3.63. The van der Waals surface area contributed by atoms with Gasteiger partial charge in [0.05, 0.1) is 19.3 Å². The molecular formula is C17H22N4O2. The van der Waals surface area contributed by atoms with Crippen molar-refractivity contribution in [3.63, 3.8) is 0 Å².